The summed E-state index contributed by atoms with van der Waals surface area (Å²) in [6, 6.07) is 11.9. The van der Waals surface area contributed by atoms with E-state index < -0.39 is 9.84 Å². The van der Waals surface area contributed by atoms with E-state index >= 15 is 0 Å². The zero-order valence-electron chi connectivity index (χ0n) is 18.4. The first kappa shape index (κ1) is 25.2. The van der Waals surface area contributed by atoms with Gasteiger partial charge in [-0.3, -0.25) is 9.69 Å². The Balaban J connectivity index is 0.00000306. The van der Waals surface area contributed by atoms with Crippen LogP contribution in [0.1, 0.15) is 12.8 Å². The highest BCUT2D eigenvalue weighted by molar-refractivity contribution is 7.91. The molecule has 0 aliphatic carbocycles. The Morgan fingerprint density at radius 1 is 1.09 bits per heavy atom. The molecular weight excluding hydrogens is 486 g/mol. The fourth-order valence-corrected chi connectivity index (χ4v) is 5.67. The van der Waals surface area contributed by atoms with E-state index in [2.05, 4.69) is 4.98 Å². The highest BCUT2D eigenvalue weighted by Gasteiger charge is 2.24. The fraction of sp³-hybridized carbons (Fsp3) is 0.364. The van der Waals surface area contributed by atoms with E-state index in [-0.39, 0.29) is 42.2 Å². The number of anilines is 1. The zero-order chi connectivity index (χ0) is 22.7. The number of sulfone groups is 1. The predicted molar refractivity (Wildman–Crippen MR) is 124 cm³/mol. The first-order valence-corrected chi connectivity index (χ1v) is 12.7. The number of nitrogens with zero attached hydrogens (tertiary/aromatic N) is 3. The first-order chi connectivity index (χ1) is 15.3. The molecule has 0 saturated carbocycles. The van der Waals surface area contributed by atoms with Crippen molar-refractivity contribution < 1.29 is 35.1 Å². The minimum Gasteiger partial charge on any atom is -1.00 e. The third kappa shape index (κ3) is 5.94. The number of thiazole rings is 1. The van der Waals surface area contributed by atoms with Crippen molar-refractivity contribution in [2.75, 3.05) is 44.6 Å². The number of rotatable bonds is 9. The number of hydrogen-bond acceptors (Lipinski definition) is 8. The van der Waals surface area contributed by atoms with Gasteiger partial charge in [0.2, 0.25) is 12.7 Å². The van der Waals surface area contributed by atoms with Gasteiger partial charge in [0.25, 0.3) is 0 Å². The van der Waals surface area contributed by atoms with Crippen molar-refractivity contribution >= 4 is 42.4 Å². The van der Waals surface area contributed by atoms with E-state index in [0.717, 1.165) is 23.2 Å². The van der Waals surface area contributed by atoms with Crippen LogP contribution in [0.15, 0.2) is 47.4 Å². The molecule has 2 aromatic carbocycles. The number of aromatic nitrogens is 1. The van der Waals surface area contributed by atoms with Crippen LogP contribution in [0.5, 0.6) is 11.5 Å². The number of benzene rings is 2. The zero-order valence-corrected chi connectivity index (χ0v) is 20.8. The molecule has 0 bridgehead atoms. The molecule has 0 atom stereocenters. The van der Waals surface area contributed by atoms with Crippen molar-refractivity contribution in [3.63, 3.8) is 0 Å². The van der Waals surface area contributed by atoms with Crippen LogP contribution in [-0.4, -0.2) is 63.9 Å². The summed E-state index contributed by atoms with van der Waals surface area (Å²) in [4.78, 5) is 21.6. The highest BCUT2D eigenvalue weighted by atomic mass is 35.5. The molecule has 4 rings (SSSR count). The molecule has 3 aromatic rings. The quantitative estimate of drug-likeness (QED) is 0.405. The topological polar surface area (TPSA) is 89.0 Å². The van der Waals surface area contributed by atoms with Gasteiger partial charge in [-0.25, -0.2) is 13.4 Å². The van der Waals surface area contributed by atoms with Crippen molar-refractivity contribution in [2.24, 2.45) is 0 Å². The van der Waals surface area contributed by atoms with Crippen LogP contribution in [-0.2, 0) is 14.6 Å². The lowest BCUT2D eigenvalue weighted by Crippen LogP contribution is -3.00. The summed E-state index contributed by atoms with van der Waals surface area (Å²) in [5, 5.41) is 0.546. The van der Waals surface area contributed by atoms with Crippen LogP contribution in [0.4, 0.5) is 5.13 Å². The summed E-state index contributed by atoms with van der Waals surface area (Å²) in [5.74, 6) is 0.782. The van der Waals surface area contributed by atoms with Crippen LogP contribution in [0.3, 0.4) is 0 Å². The van der Waals surface area contributed by atoms with E-state index in [1.807, 2.05) is 25.1 Å². The van der Waals surface area contributed by atoms with Gasteiger partial charge in [0, 0.05) is 25.1 Å². The third-order valence-electron chi connectivity index (χ3n) is 5.08. The van der Waals surface area contributed by atoms with Gasteiger partial charge in [-0.05, 0) is 39.2 Å². The van der Waals surface area contributed by atoms with Crippen molar-refractivity contribution in [3.8, 4) is 11.5 Å². The number of ether oxygens (including phenoxy) is 2. The standard InChI is InChI=1S/C22H25N3O5S2.ClH/c1-24(2)10-6-11-25(21(26)9-12-32(27,28)16-7-4-3-5-8-16)22-23-17-13-18-19(30-15-29-18)14-20(17)31-22;/h3-5,7-8,13-14H,6,9-12,15H2,1-2H3;1H/p-1. The number of fused-ring (bicyclic) bond motifs is 2. The van der Waals surface area contributed by atoms with Crippen molar-refractivity contribution in [2.45, 2.75) is 17.7 Å². The lowest BCUT2D eigenvalue weighted by atomic mass is 10.3. The van der Waals surface area contributed by atoms with Gasteiger partial charge >= 0.3 is 0 Å². The van der Waals surface area contributed by atoms with Gasteiger partial charge in [-0.15, -0.1) is 0 Å². The summed E-state index contributed by atoms with van der Waals surface area (Å²) < 4.78 is 37.0. The second-order valence-electron chi connectivity index (χ2n) is 7.75. The number of hydrogen-bond donors (Lipinski definition) is 0. The van der Waals surface area contributed by atoms with Crippen LogP contribution in [0.25, 0.3) is 10.2 Å². The maximum Gasteiger partial charge on any atom is 0.231 e. The van der Waals surface area contributed by atoms with Gasteiger partial charge < -0.3 is 26.8 Å². The molecule has 1 amide bonds. The molecule has 2 heterocycles. The first-order valence-electron chi connectivity index (χ1n) is 10.3. The molecule has 8 nitrogen and oxygen atoms in total. The maximum atomic E-state index is 13.1. The molecule has 0 spiro atoms. The number of amides is 1. The van der Waals surface area contributed by atoms with E-state index in [4.69, 9.17) is 9.47 Å². The average Bonchev–Trinajstić information content (AvgIpc) is 3.39. The van der Waals surface area contributed by atoms with Crippen molar-refractivity contribution in [1.29, 1.82) is 0 Å². The molecule has 0 saturated heterocycles. The van der Waals surface area contributed by atoms with E-state index in [1.54, 1.807) is 41.3 Å². The molecule has 178 valence electrons. The summed E-state index contributed by atoms with van der Waals surface area (Å²) in [5.41, 5.74) is 0.719. The molecular formula is C22H25ClN3O5S2-. The number of carbonyl (C=O) groups excluding carboxylic acids is 1. The minimum atomic E-state index is -3.54. The molecule has 1 aromatic heterocycles. The molecule has 0 fully saturated rings. The molecule has 0 N–H and O–H groups in total. The molecule has 11 heteroatoms. The Bertz CT molecular complexity index is 1170. The average molecular weight is 511 g/mol. The molecule has 1 aliphatic rings. The largest absolute Gasteiger partial charge is 1.00 e. The van der Waals surface area contributed by atoms with E-state index in [9.17, 15) is 13.2 Å². The van der Waals surface area contributed by atoms with Gasteiger partial charge in [0.1, 0.15) is 0 Å². The van der Waals surface area contributed by atoms with Crippen LogP contribution in [0.2, 0.25) is 0 Å². The normalized spacial score (nSPS) is 12.7. The Kier molecular flexibility index (Phi) is 8.17. The second kappa shape index (κ2) is 10.7. The molecule has 33 heavy (non-hydrogen) atoms. The maximum absolute atomic E-state index is 13.1. The minimum absolute atomic E-state index is 0. The SMILES string of the molecule is CN(C)CCCN(C(=O)CCS(=O)(=O)c1ccccc1)c1nc2cc3c(cc2s1)OCO3.[Cl-]. The molecule has 1 aliphatic heterocycles. The summed E-state index contributed by atoms with van der Waals surface area (Å²) >= 11 is 1.38. The lowest BCUT2D eigenvalue weighted by molar-refractivity contribution is -0.118. The Labute approximate surface area is 203 Å². The van der Waals surface area contributed by atoms with Crippen LogP contribution < -0.4 is 26.8 Å². The van der Waals surface area contributed by atoms with Gasteiger partial charge in [-0.1, -0.05) is 29.5 Å². The summed E-state index contributed by atoms with van der Waals surface area (Å²) in [6.45, 7) is 1.44. The predicted octanol–water partition coefficient (Wildman–Crippen LogP) is 0.178. The number of halogens is 1. The van der Waals surface area contributed by atoms with Gasteiger partial charge in [0.05, 0.1) is 20.9 Å². The highest BCUT2D eigenvalue weighted by Crippen LogP contribution is 2.40. The van der Waals surface area contributed by atoms with Crippen LogP contribution >= 0.6 is 11.3 Å². The van der Waals surface area contributed by atoms with Crippen molar-refractivity contribution in [1.82, 2.24) is 9.88 Å². The smallest absolute Gasteiger partial charge is 0.231 e. The van der Waals surface area contributed by atoms with Gasteiger partial charge in [-0.2, -0.15) is 0 Å². The summed E-state index contributed by atoms with van der Waals surface area (Å²) in [7, 11) is 0.398. The van der Waals surface area contributed by atoms with Crippen molar-refractivity contribution in [3.05, 3.63) is 42.5 Å². The Morgan fingerprint density at radius 2 is 1.79 bits per heavy atom. The monoisotopic (exact) mass is 510 g/mol. The summed E-state index contributed by atoms with van der Waals surface area (Å²) in [6.07, 6.45) is 0.626. The van der Waals surface area contributed by atoms with E-state index in [1.165, 1.54) is 11.3 Å². The molecule has 0 radical (unpaired) electrons. The van der Waals surface area contributed by atoms with Crippen LogP contribution in [0, 0.1) is 0 Å². The fourth-order valence-electron chi connectivity index (χ4n) is 3.40. The third-order valence-corrected chi connectivity index (χ3v) is 7.85. The molecule has 0 unspecified atom stereocenters. The number of carbonyl (C=O) groups is 1. The van der Waals surface area contributed by atoms with Gasteiger partial charge in [0.15, 0.2) is 26.5 Å². The Morgan fingerprint density at radius 3 is 2.48 bits per heavy atom. The van der Waals surface area contributed by atoms with E-state index in [0.29, 0.717) is 23.2 Å². The lowest BCUT2D eigenvalue weighted by Gasteiger charge is -2.21. The second-order valence-corrected chi connectivity index (χ2v) is 10.9. The Hall–Kier alpha value is -2.40.